The van der Waals surface area contributed by atoms with Crippen molar-refractivity contribution in [3.05, 3.63) is 29.8 Å². The summed E-state index contributed by atoms with van der Waals surface area (Å²) in [6.45, 7) is 5.41. The number of rotatable bonds is 8. The van der Waals surface area contributed by atoms with Crippen LogP contribution in [0.1, 0.15) is 49.4 Å². The number of carbonyl (C=O) groups is 3. The molecular weight excluding hydrogens is 414 g/mol. The Hall–Kier alpha value is -2.65. The number of nitrogens with one attached hydrogen (secondary N) is 2. The average molecular weight is 448 g/mol. The van der Waals surface area contributed by atoms with E-state index in [4.69, 9.17) is 14.2 Å². The smallest absolute Gasteiger partial charge is 0.411 e. The van der Waals surface area contributed by atoms with Crippen LogP contribution in [0.25, 0.3) is 0 Å². The third kappa shape index (κ3) is 6.67. The topological polar surface area (TPSA) is 106 Å². The number of anilines is 1. The van der Waals surface area contributed by atoms with E-state index in [1.165, 1.54) is 18.6 Å². The van der Waals surface area contributed by atoms with Crippen molar-refractivity contribution in [2.24, 2.45) is 0 Å². The predicted octanol–water partition coefficient (Wildman–Crippen LogP) is 2.56. The minimum Gasteiger partial charge on any atom is -0.452 e. The van der Waals surface area contributed by atoms with Gasteiger partial charge >= 0.3 is 12.1 Å². The van der Waals surface area contributed by atoms with Gasteiger partial charge in [0.15, 0.2) is 6.61 Å². The Morgan fingerprint density at radius 2 is 1.72 bits per heavy atom. The summed E-state index contributed by atoms with van der Waals surface area (Å²) in [5, 5.41) is 5.53. The second-order valence-corrected chi connectivity index (χ2v) is 8.16. The standard InChI is InChI=1S/C23H33N3O6/c1-2-31-22(29)25-19-8-6-18(7-9-19)21(28)32-16-20(27)24-17-23(10-4-3-5-11-23)26-12-14-30-15-13-26/h6-9H,2-5,10-17H2,1H3,(H,24,27)(H,25,29). The van der Waals surface area contributed by atoms with Gasteiger partial charge in [0.2, 0.25) is 0 Å². The summed E-state index contributed by atoms with van der Waals surface area (Å²) in [7, 11) is 0. The number of benzene rings is 1. The molecule has 1 saturated carbocycles. The molecule has 2 fully saturated rings. The quantitative estimate of drug-likeness (QED) is 0.590. The van der Waals surface area contributed by atoms with Gasteiger partial charge in [-0.1, -0.05) is 19.3 Å². The minimum absolute atomic E-state index is 0.0382. The molecule has 1 aromatic carbocycles. The molecule has 1 heterocycles. The lowest BCUT2D eigenvalue weighted by atomic mass is 9.79. The summed E-state index contributed by atoms with van der Waals surface area (Å²) in [4.78, 5) is 38.5. The zero-order valence-electron chi connectivity index (χ0n) is 18.7. The molecule has 2 N–H and O–H groups in total. The van der Waals surface area contributed by atoms with Crippen molar-refractivity contribution in [2.45, 2.75) is 44.6 Å². The summed E-state index contributed by atoms with van der Waals surface area (Å²) >= 11 is 0. The van der Waals surface area contributed by atoms with Crippen molar-refractivity contribution in [1.29, 1.82) is 0 Å². The van der Waals surface area contributed by atoms with Gasteiger partial charge in [-0.2, -0.15) is 0 Å². The average Bonchev–Trinajstić information content (AvgIpc) is 2.83. The fourth-order valence-electron chi connectivity index (χ4n) is 4.36. The van der Waals surface area contributed by atoms with Crippen molar-refractivity contribution in [2.75, 3.05) is 51.4 Å². The number of esters is 1. The predicted molar refractivity (Wildman–Crippen MR) is 119 cm³/mol. The van der Waals surface area contributed by atoms with E-state index in [1.54, 1.807) is 19.1 Å². The normalized spacial score (nSPS) is 18.4. The summed E-state index contributed by atoms with van der Waals surface area (Å²) in [6.07, 6.45) is 5.09. The van der Waals surface area contributed by atoms with E-state index in [0.29, 0.717) is 17.8 Å². The lowest BCUT2D eigenvalue weighted by molar-refractivity contribution is -0.125. The number of carbonyl (C=O) groups excluding carboxylic acids is 3. The van der Waals surface area contributed by atoms with E-state index in [0.717, 1.165) is 52.0 Å². The summed E-state index contributed by atoms with van der Waals surface area (Å²) in [5.74, 6) is -0.902. The first-order chi connectivity index (χ1) is 15.5. The van der Waals surface area contributed by atoms with Crippen LogP contribution in [0.15, 0.2) is 24.3 Å². The van der Waals surface area contributed by atoms with E-state index in [2.05, 4.69) is 15.5 Å². The molecule has 0 atom stereocenters. The molecule has 3 rings (SSSR count). The largest absolute Gasteiger partial charge is 0.452 e. The number of morpholine rings is 1. The third-order valence-electron chi connectivity index (χ3n) is 6.06. The molecule has 9 nitrogen and oxygen atoms in total. The molecule has 1 aromatic rings. The Morgan fingerprint density at radius 3 is 2.38 bits per heavy atom. The van der Waals surface area contributed by atoms with Crippen LogP contribution >= 0.6 is 0 Å². The highest BCUT2D eigenvalue weighted by Gasteiger charge is 2.38. The Labute approximate surface area is 188 Å². The summed E-state index contributed by atoms with van der Waals surface area (Å²) < 4.78 is 15.5. The molecular formula is C23H33N3O6. The van der Waals surface area contributed by atoms with Gasteiger partial charge in [0.05, 0.1) is 25.4 Å². The van der Waals surface area contributed by atoms with Crippen LogP contribution in [0.3, 0.4) is 0 Å². The van der Waals surface area contributed by atoms with E-state index in [-0.39, 0.29) is 24.7 Å². The lowest BCUT2D eigenvalue weighted by Crippen LogP contribution is -2.59. The van der Waals surface area contributed by atoms with E-state index in [9.17, 15) is 14.4 Å². The number of amides is 2. The first-order valence-electron chi connectivity index (χ1n) is 11.3. The van der Waals surface area contributed by atoms with Crippen molar-refractivity contribution in [1.82, 2.24) is 10.2 Å². The molecule has 0 unspecified atom stereocenters. The van der Waals surface area contributed by atoms with Crippen LogP contribution in [0.2, 0.25) is 0 Å². The Morgan fingerprint density at radius 1 is 1.03 bits per heavy atom. The zero-order chi connectivity index (χ0) is 22.8. The van der Waals surface area contributed by atoms with Gasteiger partial charge in [0.1, 0.15) is 0 Å². The maximum Gasteiger partial charge on any atom is 0.411 e. The van der Waals surface area contributed by atoms with Crippen LogP contribution < -0.4 is 10.6 Å². The number of ether oxygens (including phenoxy) is 3. The van der Waals surface area contributed by atoms with Crippen LogP contribution in [0.4, 0.5) is 10.5 Å². The number of nitrogens with zero attached hydrogens (tertiary/aromatic N) is 1. The molecule has 9 heteroatoms. The molecule has 1 aliphatic carbocycles. The molecule has 0 aromatic heterocycles. The highest BCUT2D eigenvalue weighted by molar-refractivity contribution is 5.92. The lowest BCUT2D eigenvalue weighted by Gasteiger charge is -2.48. The molecule has 2 aliphatic rings. The van der Waals surface area contributed by atoms with Gasteiger partial charge in [-0.25, -0.2) is 9.59 Å². The summed E-state index contributed by atoms with van der Waals surface area (Å²) in [5.41, 5.74) is 0.756. The van der Waals surface area contributed by atoms with Gasteiger partial charge in [-0.3, -0.25) is 15.0 Å². The monoisotopic (exact) mass is 447 g/mol. The van der Waals surface area contributed by atoms with Crippen LogP contribution in [-0.2, 0) is 19.0 Å². The highest BCUT2D eigenvalue weighted by Crippen LogP contribution is 2.33. The molecule has 1 aliphatic heterocycles. The fraction of sp³-hybridized carbons (Fsp3) is 0.609. The van der Waals surface area contributed by atoms with Gasteiger partial charge in [-0.15, -0.1) is 0 Å². The van der Waals surface area contributed by atoms with E-state index < -0.39 is 12.1 Å². The Bertz CT molecular complexity index is 770. The van der Waals surface area contributed by atoms with Crippen LogP contribution in [0.5, 0.6) is 0 Å². The van der Waals surface area contributed by atoms with Crippen molar-refractivity contribution in [3.63, 3.8) is 0 Å². The minimum atomic E-state index is -0.594. The SMILES string of the molecule is CCOC(=O)Nc1ccc(C(=O)OCC(=O)NCC2(N3CCOCC3)CCCCC2)cc1. The van der Waals surface area contributed by atoms with Crippen molar-refractivity contribution >= 4 is 23.7 Å². The molecule has 0 radical (unpaired) electrons. The van der Waals surface area contributed by atoms with Gasteiger partial charge in [0.25, 0.3) is 5.91 Å². The van der Waals surface area contributed by atoms with E-state index >= 15 is 0 Å². The van der Waals surface area contributed by atoms with Crippen molar-refractivity contribution in [3.8, 4) is 0 Å². The van der Waals surface area contributed by atoms with Crippen LogP contribution in [-0.4, -0.2) is 74.5 Å². The van der Waals surface area contributed by atoms with E-state index in [1.807, 2.05) is 0 Å². The Kier molecular flexibility index (Phi) is 8.87. The van der Waals surface area contributed by atoms with Gasteiger partial charge in [0, 0.05) is 30.9 Å². The highest BCUT2D eigenvalue weighted by atomic mass is 16.5. The molecule has 2 amide bonds. The molecule has 0 bridgehead atoms. The third-order valence-corrected chi connectivity index (χ3v) is 6.06. The second kappa shape index (κ2) is 11.8. The van der Waals surface area contributed by atoms with Gasteiger partial charge in [-0.05, 0) is 44.0 Å². The molecule has 32 heavy (non-hydrogen) atoms. The zero-order valence-corrected chi connectivity index (χ0v) is 18.7. The second-order valence-electron chi connectivity index (χ2n) is 8.16. The van der Waals surface area contributed by atoms with Crippen LogP contribution in [0, 0.1) is 0 Å². The first kappa shape index (κ1) is 24.0. The van der Waals surface area contributed by atoms with Gasteiger partial charge < -0.3 is 19.5 Å². The maximum absolute atomic E-state index is 12.4. The maximum atomic E-state index is 12.4. The number of hydrogen-bond acceptors (Lipinski definition) is 7. The summed E-state index contributed by atoms with van der Waals surface area (Å²) in [6, 6.07) is 6.19. The first-order valence-corrected chi connectivity index (χ1v) is 11.3. The fourth-order valence-corrected chi connectivity index (χ4v) is 4.36. The number of hydrogen-bond donors (Lipinski definition) is 2. The molecule has 176 valence electrons. The Balaban J connectivity index is 1.46. The molecule has 1 saturated heterocycles. The molecule has 0 spiro atoms. The van der Waals surface area contributed by atoms with Crippen molar-refractivity contribution < 1.29 is 28.6 Å².